The van der Waals surface area contributed by atoms with Gasteiger partial charge in [0.15, 0.2) is 0 Å². The number of hydrogen-bond acceptors (Lipinski definition) is 5. The van der Waals surface area contributed by atoms with Crippen molar-refractivity contribution in [3.8, 4) is 11.1 Å². The van der Waals surface area contributed by atoms with E-state index in [0.717, 1.165) is 34.5 Å². The summed E-state index contributed by atoms with van der Waals surface area (Å²) in [6.45, 7) is 0.0147. The third-order valence-corrected chi connectivity index (χ3v) is 5.31. The maximum atomic E-state index is 13.0. The number of carboxylic acids is 1. The molecule has 0 spiro atoms. The maximum absolute atomic E-state index is 13.0. The number of aromatic nitrogens is 1. The second-order valence-electron chi connectivity index (χ2n) is 7.47. The van der Waals surface area contributed by atoms with Crippen LogP contribution in [0.15, 0.2) is 66.9 Å². The molecule has 0 radical (unpaired) electrons. The Bertz CT molecular complexity index is 1150. The number of hydrogen-bond donors (Lipinski definition) is 3. The Labute approximate surface area is 188 Å². The quantitative estimate of drug-likeness (QED) is 0.508. The Morgan fingerprint density at radius 3 is 2.21 bits per heavy atom. The molecule has 2 aromatic carbocycles. The molecule has 3 N–H and O–H groups in total. The number of carbonyl (C=O) groups excluding carboxylic acids is 2. The first-order valence-electron chi connectivity index (χ1n) is 10.2. The molecule has 1 aromatic heterocycles. The first-order valence-corrected chi connectivity index (χ1v) is 10.2. The fraction of sp³-hybridized carbons (Fsp3) is 0.167. The van der Waals surface area contributed by atoms with Crippen LogP contribution < -0.4 is 10.6 Å². The Kier molecular flexibility index (Phi) is 6.30. The van der Waals surface area contributed by atoms with E-state index in [0.29, 0.717) is 0 Å². The fourth-order valence-electron chi connectivity index (χ4n) is 3.83. The highest BCUT2D eigenvalue weighted by molar-refractivity contribution is 5.97. The van der Waals surface area contributed by atoms with Gasteiger partial charge in [-0.2, -0.15) is 0 Å². The smallest absolute Gasteiger partial charge is 0.407 e. The molecule has 1 heterocycles. The summed E-state index contributed by atoms with van der Waals surface area (Å²) in [5.41, 5.74) is 4.18. The monoisotopic (exact) mass is 449 g/mol. The second-order valence-corrected chi connectivity index (χ2v) is 7.47. The van der Waals surface area contributed by atoms with E-state index in [2.05, 4.69) is 15.6 Å². The molecule has 0 fully saturated rings. The first kappa shape index (κ1) is 21.9. The van der Waals surface area contributed by atoms with Gasteiger partial charge in [0, 0.05) is 5.92 Å². The van der Waals surface area contributed by atoms with E-state index in [-0.39, 0.29) is 18.3 Å². The van der Waals surface area contributed by atoms with Crippen molar-refractivity contribution in [2.75, 3.05) is 11.9 Å². The van der Waals surface area contributed by atoms with E-state index in [1.54, 1.807) is 0 Å². The number of alkyl carbamates (subject to hydrolysis) is 1. The number of fused-ring (bicyclic) bond motifs is 3. The van der Waals surface area contributed by atoms with Crippen molar-refractivity contribution in [2.24, 2.45) is 0 Å². The van der Waals surface area contributed by atoms with Gasteiger partial charge in [-0.1, -0.05) is 48.5 Å². The molecule has 1 atom stereocenters. The summed E-state index contributed by atoms with van der Waals surface area (Å²) >= 11 is 0. The number of aliphatic carboxylic acids is 1. The molecule has 2 amide bonds. The molecule has 4 rings (SSSR count). The summed E-state index contributed by atoms with van der Waals surface area (Å²) in [4.78, 5) is 39.8. The molecule has 1 aliphatic rings. The van der Waals surface area contributed by atoms with Gasteiger partial charge in [0.1, 0.15) is 24.3 Å². The Balaban J connectivity index is 1.42. The van der Waals surface area contributed by atoms with Crippen molar-refractivity contribution in [1.29, 1.82) is 0 Å². The number of pyridine rings is 1. The molecule has 1 aliphatic carbocycles. The van der Waals surface area contributed by atoms with E-state index in [1.165, 1.54) is 6.07 Å². The molecule has 1 unspecified atom stereocenters. The lowest BCUT2D eigenvalue weighted by Gasteiger charge is -2.18. The standard InChI is InChI=1S/C24H20FN3O5/c25-14-9-10-21(26-12-14)28-23(31)20(11-22(29)30)27-24(32)33-13-19-17-7-3-1-5-15(17)16-6-2-4-8-18(16)19/h1-10,12,19-20H,11,13H2,(H,27,32)(H,29,30)(H,26,28,31). The van der Waals surface area contributed by atoms with Crippen molar-refractivity contribution in [3.63, 3.8) is 0 Å². The van der Waals surface area contributed by atoms with Crippen LogP contribution in [0.2, 0.25) is 0 Å². The summed E-state index contributed by atoms with van der Waals surface area (Å²) in [7, 11) is 0. The molecule has 0 aliphatic heterocycles. The molecular weight excluding hydrogens is 429 g/mol. The Morgan fingerprint density at radius 2 is 1.64 bits per heavy atom. The van der Waals surface area contributed by atoms with E-state index in [1.807, 2.05) is 48.5 Å². The van der Waals surface area contributed by atoms with Gasteiger partial charge in [-0.25, -0.2) is 14.2 Å². The van der Waals surface area contributed by atoms with Crippen LogP contribution in [-0.2, 0) is 14.3 Å². The molecule has 0 saturated carbocycles. The lowest BCUT2D eigenvalue weighted by atomic mass is 9.98. The minimum Gasteiger partial charge on any atom is -0.481 e. The zero-order chi connectivity index (χ0) is 23.4. The Hall–Kier alpha value is -4.27. The first-order chi connectivity index (χ1) is 15.9. The number of halogens is 1. The van der Waals surface area contributed by atoms with Crippen molar-refractivity contribution >= 4 is 23.8 Å². The van der Waals surface area contributed by atoms with Gasteiger partial charge in [0.25, 0.3) is 0 Å². The average Bonchev–Trinajstić information content (AvgIpc) is 3.12. The fourth-order valence-corrected chi connectivity index (χ4v) is 3.83. The Morgan fingerprint density at radius 1 is 1.00 bits per heavy atom. The normalized spacial score (nSPS) is 12.9. The van der Waals surface area contributed by atoms with Crippen molar-refractivity contribution in [3.05, 3.63) is 83.8 Å². The summed E-state index contributed by atoms with van der Waals surface area (Å²) < 4.78 is 18.4. The number of anilines is 1. The van der Waals surface area contributed by atoms with Gasteiger partial charge in [0.05, 0.1) is 12.6 Å². The predicted octanol–water partition coefficient (Wildman–Crippen LogP) is 3.54. The minimum absolute atomic E-state index is 0.0147. The van der Waals surface area contributed by atoms with Crippen LogP contribution in [0.1, 0.15) is 23.5 Å². The van der Waals surface area contributed by atoms with Crippen molar-refractivity contribution in [2.45, 2.75) is 18.4 Å². The highest BCUT2D eigenvalue weighted by Gasteiger charge is 2.30. The molecule has 9 heteroatoms. The third-order valence-electron chi connectivity index (χ3n) is 5.31. The van der Waals surface area contributed by atoms with Crippen LogP contribution >= 0.6 is 0 Å². The number of carbonyl (C=O) groups is 3. The second kappa shape index (κ2) is 9.47. The predicted molar refractivity (Wildman–Crippen MR) is 117 cm³/mol. The number of nitrogens with one attached hydrogen (secondary N) is 2. The molecule has 8 nitrogen and oxygen atoms in total. The summed E-state index contributed by atoms with van der Waals surface area (Å²) in [5, 5.41) is 13.8. The summed E-state index contributed by atoms with van der Waals surface area (Å²) in [6.07, 6.45) is -0.691. The zero-order valence-electron chi connectivity index (χ0n) is 17.3. The van der Waals surface area contributed by atoms with Crippen molar-refractivity contribution in [1.82, 2.24) is 10.3 Å². The van der Waals surface area contributed by atoms with Gasteiger partial charge in [-0.15, -0.1) is 0 Å². The topological polar surface area (TPSA) is 118 Å². The summed E-state index contributed by atoms with van der Waals surface area (Å²) in [5.74, 6) is -2.86. The SMILES string of the molecule is O=C(O)CC(NC(=O)OCC1c2ccccc2-c2ccccc21)C(=O)Nc1ccc(F)cn1. The molecule has 168 valence electrons. The number of amides is 2. The van der Waals surface area contributed by atoms with Crippen LogP contribution in [0.3, 0.4) is 0 Å². The minimum atomic E-state index is -1.41. The van der Waals surface area contributed by atoms with Crippen LogP contribution in [0.25, 0.3) is 11.1 Å². The van der Waals surface area contributed by atoms with Gasteiger partial charge in [-0.05, 0) is 34.4 Å². The van der Waals surface area contributed by atoms with Crippen LogP contribution in [0.4, 0.5) is 15.0 Å². The summed E-state index contributed by atoms with van der Waals surface area (Å²) in [6, 6.07) is 16.6. The van der Waals surface area contributed by atoms with Gasteiger partial charge in [0.2, 0.25) is 5.91 Å². The van der Waals surface area contributed by atoms with E-state index in [9.17, 15) is 18.8 Å². The number of ether oxygens (including phenoxy) is 1. The van der Waals surface area contributed by atoms with Gasteiger partial charge < -0.3 is 20.5 Å². The van der Waals surface area contributed by atoms with Crippen LogP contribution in [0, 0.1) is 5.82 Å². The number of nitrogens with zero attached hydrogens (tertiary/aromatic N) is 1. The van der Waals surface area contributed by atoms with Crippen LogP contribution in [0.5, 0.6) is 0 Å². The van der Waals surface area contributed by atoms with E-state index < -0.39 is 36.2 Å². The third kappa shape index (κ3) is 4.98. The van der Waals surface area contributed by atoms with E-state index in [4.69, 9.17) is 9.84 Å². The lowest BCUT2D eigenvalue weighted by Crippen LogP contribution is -2.45. The highest BCUT2D eigenvalue weighted by atomic mass is 19.1. The van der Waals surface area contributed by atoms with Crippen molar-refractivity contribution < 1.29 is 28.6 Å². The van der Waals surface area contributed by atoms with Gasteiger partial charge >= 0.3 is 12.1 Å². The zero-order valence-corrected chi connectivity index (χ0v) is 17.3. The molecular formula is C24H20FN3O5. The maximum Gasteiger partial charge on any atom is 0.407 e. The highest BCUT2D eigenvalue weighted by Crippen LogP contribution is 2.44. The average molecular weight is 449 g/mol. The molecule has 0 saturated heterocycles. The van der Waals surface area contributed by atoms with Crippen LogP contribution in [-0.4, -0.2) is 40.7 Å². The molecule has 0 bridgehead atoms. The van der Waals surface area contributed by atoms with E-state index >= 15 is 0 Å². The molecule has 3 aromatic rings. The number of carboxylic acid groups (broad SMARTS) is 1. The number of benzene rings is 2. The molecule has 33 heavy (non-hydrogen) atoms. The largest absolute Gasteiger partial charge is 0.481 e. The van der Waals surface area contributed by atoms with Gasteiger partial charge in [-0.3, -0.25) is 9.59 Å². The lowest BCUT2D eigenvalue weighted by molar-refractivity contribution is -0.139. The number of rotatable bonds is 7.